The fraction of sp³-hybridized carbons (Fsp3) is 0.333. The summed E-state index contributed by atoms with van der Waals surface area (Å²) in [5.41, 5.74) is 0.619. The van der Waals surface area contributed by atoms with Crippen molar-refractivity contribution >= 4 is 17.4 Å². The third-order valence-electron chi connectivity index (χ3n) is 5.32. The summed E-state index contributed by atoms with van der Waals surface area (Å²) in [4.78, 5) is 21.1. The second-order valence-electron chi connectivity index (χ2n) is 7.76. The summed E-state index contributed by atoms with van der Waals surface area (Å²) in [6, 6.07) is 16.6. The number of furan rings is 1. The number of nitrogens with zero attached hydrogens (tertiary/aromatic N) is 3. The number of carbonyl (C=O) groups is 1. The van der Waals surface area contributed by atoms with Gasteiger partial charge in [0.1, 0.15) is 24.3 Å². The first-order valence-corrected chi connectivity index (χ1v) is 10.8. The minimum atomic E-state index is -0.545. The number of β-amino-alcohol motifs (C(OH)–C–C–N with tert-alkyl or cyclic N) is 1. The number of benzene rings is 1. The van der Waals surface area contributed by atoms with Crippen LogP contribution in [-0.4, -0.2) is 66.3 Å². The molecule has 3 heterocycles. The van der Waals surface area contributed by atoms with Gasteiger partial charge in [0, 0.05) is 26.2 Å². The number of aromatic nitrogens is 1. The highest BCUT2D eigenvalue weighted by molar-refractivity contribution is 6.02. The molecular formula is C24H28N4O4. The number of carbonyl (C=O) groups excluding carboxylic acids is 1. The van der Waals surface area contributed by atoms with Gasteiger partial charge in [0.15, 0.2) is 5.76 Å². The molecule has 1 unspecified atom stereocenters. The number of nitrogens with one attached hydrogen (secondary N) is 1. The number of aliphatic hydroxyl groups is 1. The second kappa shape index (κ2) is 10.8. The number of amides is 1. The first-order chi connectivity index (χ1) is 15.7. The first kappa shape index (κ1) is 21.9. The van der Waals surface area contributed by atoms with Crippen LogP contribution >= 0.6 is 0 Å². The van der Waals surface area contributed by atoms with Crippen molar-refractivity contribution in [3.05, 3.63) is 72.8 Å². The van der Waals surface area contributed by atoms with Crippen molar-refractivity contribution in [3.63, 3.8) is 0 Å². The molecule has 168 valence electrons. The van der Waals surface area contributed by atoms with Gasteiger partial charge in [-0.25, -0.2) is 4.98 Å². The fourth-order valence-electron chi connectivity index (χ4n) is 3.69. The Morgan fingerprint density at radius 3 is 2.72 bits per heavy atom. The van der Waals surface area contributed by atoms with Gasteiger partial charge in [-0.05, 0) is 49.4 Å². The number of rotatable bonds is 8. The second-order valence-corrected chi connectivity index (χ2v) is 7.76. The van der Waals surface area contributed by atoms with Crippen molar-refractivity contribution in [3.8, 4) is 5.75 Å². The molecule has 2 aromatic heterocycles. The van der Waals surface area contributed by atoms with Gasteiger partial charge in [0.25, 0.3) is 5.91 Å². The summed E-state index contributed by atoms with van der Waals surface area (Å²) in [6.45, 7) is 4.30. The molecule has 8 nitrogen and oxygen atoms in total. The molecule has 1 aliphatic heterocycles. The Morgan fingerprint density at radius 1 is 1.09 bits per heavy atom. The van der Waals surface area contributed by atoms with Crippen LogP contribution in [0, 0.1) is 0 Å². The third-order valence-corrected chi connectivity index (χ3v) is 5.32. The zero-order valence-electron chi connectivity index (χ0n) is 17.9. The largest absolute Gasteiger partial charge is 0.491 e. The van der Waals surface area contributed by atoms with Gasteiger partial charge >= 0.3 is 0 Å². The predicted octanol–water partition coefficient (Wildman–Crippen LogP) is 2.88. The molecule has 0 radical (unpaired) electrons. The van der Waals surface area contributed by atoms with Crippen LogP contribution in [0.15, 0.2) is 71.5 Å². The van der Waals surface area contributed by atoms with Crippen LogP contribution in [0.5, 0.6) is 5.75 Å². The molecule has 1 amide bonds. The van der Waals surface area contributed by atoms with Crippen LogP contribution in [-0.2, 0) is 0 Å². The number of pyridine rings is 1. The number of para-hydroxylation sites is 1. The Morgan fingerprint density at radius 2 is 1.97 bits per heavy atom. The topological polar surface area (TPSA) is 91.1 Å². The number of anilines is 2. The highest BCUT2D eigenvalue weighted by Crippen LogP contribution is 2.17. The van der Waals surface area contributed by atoms with Crippen LogP contribution in [0.25, 0.3) is 0 Å². The molecule has 0 aliphatic carbocycles. The van der Waals surface area contributed by atoms with Gasteiger partial charge in [-0.3, -0.25) is 9.69 Å². The molecular weight excluding hydrogens is 408 g/mol. The van der Waals surface area contributed by atoms with Gasteiger partial charge in [0.05, 0.1) is 18.1 Å². The van der Waals surface area contributed by atoms with E-state index in [-0.39, 0.29) is 18.3 Å². The zero-order chi connectivity index (χ0) is 22.2. The summed E-state index contributed by atoms with van der Waals surface area (Å²) < 4.78 is 10.8. The van der Waals surface area contributed by atoms with Gasteiger partial charge in [0.2, 0.25) is 0 Å². The van der Waals surface area contributed by atoms with Crippen LogP contribution in [0.3, 0.4) is 0 Å². The van der Waals surface area contributed by atoms with E-state index in [0.29, 0.717) is 12.2 Å². The van der Waals surface area contributed by atoms with E-state index in [0.717, 1.165) is 44.2 Å². The molecule has 0 spiro atoms. The maximum atomic E-state index is 12.1. The van der Waals surface area contributed by atoms with E-state index < -0.39 is 6.10 Å². The zero-order valence-corrected chi connectivity index (χ0v) is 17.9. The normalized spacial score (nSPS) is 15.7. The Bertz CT molecular complexity index is 963. The monoisotopic (exact) mass is 436 g/mol. The molecule has 1 saturated heterocycles. The van der Waals surface area contributed by atoms with Gasteiger partial charge in [-0.2, -0.15) is 0 Å². The Hall–Kier alpha value is -3.36. The lowest BCUT2D eigenvalue weighted by atomic mass is 10.3. The Balaban J connectivity index is 1.24. The first-order valence-electron chi connectivity index (χ1n) is 10.8. The Labute approximate surface area is 187 Å². The molecule has 1 aromatic carbocycles. The molecule has 32 heavy (non-hydrogen) atoms. The van der Waals surface area contributed by atoms with Crippen LogP contribution < -0.4 is 15.0 Å². The lowest BCUT2D eigenvalue weighted by Crippen LogP contribution is -2.38. The average Bonchev–Trinajstić information content (AvgIpc) is 3.27. The molecule has 3 aromatic rings. The predicted molar refractivity (Wildman–Crippen MR) is 122 cm³/mol. The van der Waals surface area contributed by atoms with Crippen molar-refractivity contribution in [2.24, 2.45) is 0 Å². The molecule has 4 rings (SSSR count). The van der Waals surface area contributed by atoms with Crippen molar-refractivity contribution in [2.45, 2.75) is 12.5 Å². The maximum absolute atomic E-state index is 12.1. The van der Waals surface area contributed by atoms with Gasteiger partial charge in [-0.1, -0.05) is 18.2 Å². The number of hydrogen-bond acceptors (Lipinski definition) is 7. The molecule has 1 aliphatic rings. The summed E-state index contributed by atoms with van der Waals surface area (Å²) in [5, 5.41) is 13.2. The number of ether oxygens (including phenoxy) is 1. The highest BCUT2D eigenvalue weighted by atomic mass is 16.5. The van der Waals surface area contributed by atoms with E-state index >= 15 is 0 Å². The van der Waals surface area contributed by atoms with E-state index in [1.165, 1.54) is 6.26 Å². The minimum absolute atomic E-state index is 0.262. The minimum Gasteiger partial charge on any atom is -0.491 e. The Kier molecular flexibility index (Phi) is 7.37. The van der Waals surface area contributed by atoms with E-state index in [1.54, 1.807) is 18.3 Å². The summed E-state index contributed by atoms with van der Waals surface area (Å²) in [6.07, 6.45) is 3.56. The molecule has 8 heteroatoms. The van der Waals surface area contributed by atoms with Crippen molar-refractivity contribution < 1.29 is 19.1 Å². The molecule has 1 fully saturated rings. The lowest BCUT2D eigenvalue weighted by molar-refractivity contribution is 0.0705. The maximum Gasteiger partial charge on any atom is 0.291 e. The van der Waals surface area contributed by atoms with E-state index in [1.807, 2.05) is 42.5 Å². The summed E-state index contributed by atoms with van der Waals surface area (Å²) >= 11 is 0. The van der Waals surface area contributed by atoms with Crippen molar-refractivity contribution in [1.29, 1.82) is 0 Å². The SMILES string of the molecule is O=C(Nc1ccc(N2CCCN(CC(O)COc3ccccc3)CC2)nc1)c1ccco1. The quantitative estimate of drug-likeness (QED) is 0.561. The third kappa shape index (κ3) is 6.09. The number of hydrogen-bond donors (Lipinski definition) is 2. The highest BCUT2D eigenvalue weighted by Gasteiger charge is 2.19. The van der Waals surface area contributed by atoms with Crippen molar-refractivity contribution in [1.82, 2.24) is 9.88 Å². The van der Waals surface area contributed by atoms with Crippen molar-refractivity contribution in [2.75, 3.05) is 49.5 Å². The smallest absolute Gasteiger partial charge is 0.291 e. The van der Waals surface area contributed by atoms with E-state index in [4.69, 9.17) is 9.15 Å². The fourth-order valence-corrected chi connectivity index (χ4v) is 3.69. The molecule has 0 saturated carbocycles. The lowest BCUT2D eigenvalue weighted by Gasteiger charge is -2.24. The van der Waals surface area contributed by atoms with Crippen LogP contribution in [0.4, 0.5) is 11.5 Å². The van der Waals surface area contributed by atoms with Gasteiger partial charge < -0.3 is 24.5 Å². The molecule has 1 atom stereocenters. The standard InChI is InChI=1S/C24H28N4O4/c29-20(18-32-21-6-2-1-3-7-21)17-27-11-5-12-28(14-13-27)23-10-9-19(16-25-23)26-24(30)22-8-4-15-31-22/h1-4,6-10,15-16,20,29H,5,11-14,17-18H2,(H,26,30). The van der Waals surface area contributed by atoms with Crippen LogP contribution in [0.2, 0.25) is 0 Å². The summed E-state index contributed by atoms with van der Waals surface area (Å²) in [5.74, 6) is 1.60. The molecule has 2 N–H and O–H groups in total. The van der Waals surface area contributed by atoms with E-state index in [2.05, 4.69) is 20.1 Å². The van der Waals surface area contributed by atoms with E-state index in [9.17, 15) is 9.90 Å². The molecule has 0 bridgehead atoms. The average molecular weight is 437 g/mol. The van der Waals surface area contributed by atoms with Gasteiger partial charge in [-0.15, -0.1) is 0 Å². The number of aliphatic hydroxyl groups excluding tert-OH is 1. The summed E-state index contributed by atoms with van der Waals surface area (Å²) in [7, 11) is 0. The van der Waals surface area contributed by atoms with Crippen LogP contribution in [0.1, 0.15) is 17.0 Å².